The molecule has 0 radical (unpaired) electrons. The molecule has 0 aliphatic heterocycles. The van der Waals surface area contributed by atoms with Crippen LogP contribution >= 0.6 is 0 Å². The fraction of sp³-hybridized carbons (Fsp3) is 0.0769. The van der Waals surface area contributed by atoms with Crippen molar-refractivity contribution in [1.29, 1.82) is 0 Å². The van der Waals surface area contributed by atoms with Crippen molar-refractivity contribution in [2.45, 2.75) is 0 Å². The van der Waals surface area contributed by atoms with Gasteiger partial charge in [-0.3, -0.25) is 4.79 Å². The Morgan fingerprint density at radius 3 is 2.15 bits per heavy atom. The molecule has 1 N–H and O–H groups in total. The van der Waals surface area contributed by atoms with E-state index >= 15 is 0 Å². The van der Waals surface area contributed by atoms with E-state index < -0.39 is 10.1 Å². The SMILES string of the molecule is COc1ccc(NC(=O)c2ccc(OS(C)(=O)=O)c(-c3ccc(-c4ccccc4)cc3)c2)cn1. The summed E-state index contributed by atoms with van der Waals surface area (Å²) in [6.45, 7) is 0. The molecular weight excluding hydrogens is 452 g/mol. The van der Waals surface area contributed by atoms with Crippen LogP contribution in [0.1, 0.15) is 10.4 Å². The van der Waals surface area contributed by atoms with E-state index in [4.69, 9.17) is 8.92 Å². The summed E-state index contributed by atoms with van der Waals surface area (Å²) < 4.78 is 33.9. The van der Waals surface area contributed by atoms with Gasteiger partial charge in [-0.25, -0.2) is 4.98 Å². The van der Waals surface area contributed by atoms with Crippen molar-refractivity contribution in [3.63, 3.8) is 0 Å². The number of hydrogen-bond donors (Lipinski definition) is 1. The Morgan fingerprint density at radius 2 is 1.53 bits per heavy atom. The first-order valence-corrected chi connectivity index (χ1v) is 12.1. The predicted octanol–water partition coefficient (Wildman–Crippen LogP) is 5.01. The Labute approximate surface area is 198 Å². The number of nitrogens with one attached hydrogen (secondary N) is 1. The number of anilines is 1. The second kappa shape index (κ2) is 9.76. The molecule has 34 heavy (non-hydrogen) atoms. The topological polar surface area (TPSA) is 94.6 Å². The van der Waals surface area contributed by atoms with Crippen LogP contribution in [0.4, 0.5) is 5.69 Å². The number of amides is 1. The number of aromatic nitrogens is 1. The van der Waals surface area contributed by atoms with Gasteiger partial charge in [0.05, 0.1) is 25.2 Å². The van der Waals surface area contributed by atoms with Crippen LogP contribution in [0.5, 0.6) is 11.6 Å². The molecule has 8 heteroatoms. The van der Waals surface area contributed by atoms with Gasteiger partial charge in [-0.05, 0) is 41.0 Å². The molecule has 0 saturated heterocycles. The number of methoxy groups -OCH3 is 1. The van der Waals surface area contributed by atoms with Crippen molar-refractivity contribution in [3.8, 4) is 33.9 Å². The highest BCUT2D eigenvalue weighted by Gasteiger charge is 2.16. The lowest BCUT2D eigenvalue weighted by molar-refractivity contribution is 0.102. The first-order chi connectivity index (χ1) is 16.3. The number of rotatable bonds is 7. The summed E-state index contributed by atoms with van der Waals surface area (Å²) in [5.74, 6) is 0.194. The van der Waals surface area contributed by atoms with E-state index in [1.165, 1.54) is 25.4 Å². The van der Waals surface area contributed by atoms with E-state index in [1.807, 2.05) is 54.6 Å². The van der Waals surface area contributed by atoms with E-state index in [2.05, 4.69) is 10.3 Å². The first kappa shape index (κ1) is 23.0. The van der Waals surface area contributed by atoms with Crippen LogP contribution in [-0.2, 0) is 10.1 Å². The van der Waals surface area contributed by atoms with Crippen LogP contribution in [0.25, 0.3) is 22.3 Å². The average Bonchev–Trinajstić information content (AvgIpc) is 2.84. The zero-order valence-corrected chi connectivity index (χ0v) is 19.4. The van der Waals surface area contributed by atoms with Crippen LogP contribution < -0.4 is 14.2 Å². The fourth-order valence-corrected chi connectivity index (χ4v) is 3.86. The molecule has 0 aliphatic rings. The smallest absolute Gasteiger partial charge is 0.306 e. The van der Waals surface area contributed by atoms with Crippen molar-refractivity contribution in [2.75, 3.05) is 18.7 Å². The maximum absolute atomic E-state index is 12.9. The molecular formula is C26H22N2O5S. The minimum Gasteiger partial charge on any atom is -0.481 e. The van der Waals surface area contributed by atoms with E-state index in [1.54, 1.807) is 18.2 Å². The molecule has 1 aromatic heterocycles. The molecule has 172 valence electrons. The Bertz CT molecular complexity index is 1400. The second-order valence-electron chi connectivity index (χ2n) is 7.49. The van der Waals surface area contributed by atoms with E-state index in [9.17, 15) is 13.2 Å². The van der Waals surface area contributed by atoms with Gasteiger partial charge in [0, 0.05) is 17.2 Å². The largest absolute Gasteiger partial charge is 0.481 e. The molecule has 4 rings (SSSR count). The van der Waals surface area contributed by atoms with Crippen LogP contribution in [0.15, 0.2) is 91.1 Å². The Kier molecular flexibility index (Phi) is 6.60. The van der Waals surface area contributed by atoms with E-state index in [-0.39, 0.29) is 11.7 Å². The van der Waals surface area contributed by atoms with Crippen molar-refractivity contribution >= 4 is 21.7 Å². The molecule has 0 spiro atoms. The number of benzene rings is 3. The Hall–Kier alpha value is -4.17. The molecule has 0 atom stereocenters. The Balaban J connectivity index is 1.67. The molecule has 0 unspecified atom stereocenters. The lowest BCUT2D eigenvalue weighted by Gasteiger charge is -2.13. The maximum atomic E-state index is 12.9. The molecule has 7 nitrogen and oxygen atoms in total. The molecule has 1 amide bonds. The van der Waals surface area contributed by atoms with Gasteiger partial charge in [-0.1, -0.05) is 54.6 Å². The van der Waals surface area contributed by atoms with Crippen molar-refractivity contribution in [1.82, 2.24) is 4.98 Å². The minimum atomic E-state index is -3.77. The molecule has 1 heterocycles. The van der Waals surface area contributed by atoms with Gasteiger partial charge in [0.1, 0.15) is 5.75 Å². The fourth-order valence-electron chi connectivity index (χ4n) is 3.38. The summed E-state index contributed by atoms with van der Waals surface area (Å²) in [6, 6.07) is 25.4. The van der Waals surface area contributed by atoms with Gasteiger partial charge in [0.15, 0.2) is 0 Å². The molecule has 4 aromatic rings. The zero-order chi connectivity index (χ0) is 24.1. The minimum absolute atomic E-state index is 0.137. The third kappa shape index (κ3) is 5.60. The first-order valence-electron chi connectivity index (χ1n) is 10.3. The summed E-state index contributed by atoms with van der Waals surface area (Å²) in [5, 5.41) is 2.77. The van der Waals surface area contributed by atoms with Crippen LogP contribution in [0.3, 0.4) is 0 Å². The number of carbonyl (C=O) groups is 1. The molecule has 0 saturated carbocycles. The number of nitrogens with zero attached hydrogens (tertiary/aromatic N) is 1. The molecule has 3 aromatic carbocycles. The van der Waals surface area contributed by atoms with Gasteiger partial charge >= 0.3 is 10.1 Å². The lowest BCUT2D eigenvalue weighted by Crippen LogP contribution is -2.13. The summed E-state index contributed by atoms with van der Waals surface area (Å²) in [4.78, 5) is 16.9. The summed E-state index contributed by atoms with van der Waals surface area (Å²) in [7, 11) is -2.26. The third-order valence-corrected chi connectivity index (χ3v) is 5.47. The van der Waals surface area contributed by atoms with Crippen LogP contribution in [-0.4, -0.2) is 32.7 Å². The summed E-state index contributed by atoms with van der Waals surface area (Å²) in [6.07, 6.45) is 2.47. The maximum Gasteiger partial charge on any atom is 0.306 e. The summed E-state index contributed by atoms with van der Waals surface area (Å²) in [5.41, 5.74) is 4.08. The van der Waals surface area contributed by atoms with Gasteiger partial charge in [-0.2, -0.15) is 8.42 Å². The number of carbonyl (C=O) groups excluding carboxylic acids is 1. The highest BCUT2D eigenvalue weighted by atomic mass is 32.2. The average molecular weight is 475 g/mol. The number of pyridine rings is 1. The second-order valence-corrected chi connectivity index (χ2v) is 9.06. The van der Waals surface area contributed by atoms with E-state index in [0.29, 0.717) is 28.3 Å². The predicted molar refractivity (Wildman–Crippen MR) is 132 cm³/mol. The van der Waals surface area contributed by atoms with Gasteiger partial charge < -0.3 is 14.2 Å². The quantitative estimate of drug-likeness (QED) is 0.378. The van der Waals surface area contributed by atoms with Crippen molar-refractivity contribution < 1.29 is 22.1 Å². The normalized spacial score (nSPS) is 11.0. The van der Waals surface area contributed by atoms with Gasteiger partial charge in [0.2, 0.25) is 5.88 Å². The highest BCUT2D eigenvalue weighted by Crippen LogP contribution is 2.33. The molecule has 0 fully saturated rings. The van der Waals surface area contributed by atoms with Gasteiger partial charge in [-0.15, -0.1) is 0 Å². The number of hydrogen-bond acceptors (Lipinski definition) is 6. The highest BCUT2D eigenvalue weighted by molar-refractivity contribution is 7.86. The molecule has 0 aliphatic carbocycles. The lowest BCUT2D eigenvalue weighted by atomic mass is 9.98. The third-order valence-electron chi connectivity index (χ3n) is 4.99. The van der Waals surface area contributed by atoms with Gasteiger partial charge in [0.25, 0.3) is 5.91 Å². The zero-order valence-electron chi connectivity index (χ0n) is 18.6. The monoisotopic (exact) mass is 474 g/mol. The van der Waals surface area contributed by atoms with Crippen LogP contribution in [0, 0.1) is 0 Å². The standard InChI is InChI=1S/C26H22N2O5S/c1-32-25-15-13-22(17-27-25)28-26(29)21-12-14-24(33-34(2,30)31)23(16-21)20-10-8-19(9-11-20)18-6-4-3-5-7-18/h3-17H,1-2H3,(H,28,29). The Morgan fingerprint density at radius 1 is 0.853 bits per heavy atom. The summed E-state index contributed by atoms with van der Waals surface area (Å²) >= 11 is 0. The van der Waals surface area contributed by atoms with E-state index in [0.717, 1.165) is 17.4 Å². The van der Waals surface area contributed by atoms with Crippen molar-refractivity contribution in [3.05, 3.63) is 96.7 Å². The van der Waals surface area contributed by atoms with Crippen molar-refractivity contribution in [2.24, 2.45) is 0 Å². The molecule has 0 bridgehead atoms. The van der Waals surface area contributed by atoms with Crippen LogP contribution in [0.2, 0.25) is 0 Å². The number of ether oxygens (including phenoxy) is 1.